The van der Waals surface area contributed by atoms with E-state index in [9.17, 15) is 4.79 Å². The highest BCUT2D eigenvalue weighted by atomic mass is 35.5. The van der Waals surface area contributed by atoms with Gasteiger partial charge in [-0.15, -0.1) is 0 Å². The van der Waals surface area contributed by atoms with Crippen LogP contribution in [-0.2, 0) is 11.4 Å². The van der Waals surface area contributed by atoms with Crippen LogP contribution in [0.3, 0.4) is 0 Å². The number of benzene rings is 3. The first kappa shape index (κ1) is 26.8. The fraction of sp³-hybridized carbons (Fsp3) is 0.100. The number of amides is 1. The largest absolute Gasteiger partial charge is 0.490 e. The molecule has 39 heavy (non-hydrogen) atoms. The van der Waals surface area contributed by atoms with Gasteiger partial charge in [-0.1, -0.05) is 59.6 Å². The molecule has 1 amide bonds. The van der Waals surface area contributed by atoms with E-state index in [4.69, 9.17) is 37.7 Å². The van der Waals surface area contributed by atoms with Crippen LogP contribution in [0.15, 0.2) is 101 Å². The van der Waals surface area contributed by atoms with Gasteiger partial charge in [0.2, 0.25) is 0 Å². The second kappa shape index (κ2) is 12.4. The Morgan fingerprint density at radius 3 is 2.51 bits per heavy atom. The maximum atomic E-state index is 13.6. The van der Waals surface area contributed by atoms with Crippen LogP contribution in [0, 0.1) is 0 Å². The lowest BCUT2D eigenvalue weighted by Crippen LogP contribution is -2.28. The van der Waals surface area contributed by atoms with E-state index < -0.39 is 0 Å². The first-order valence-corrected chi connectivity index (χ1v) is 13.7. The van der Waals surface area contributed by atoms with Gasteiger partial charge >= 0.3 is 0 Å². The summed E-state index contributed by atoms with van der Waals surface area (Å²) < 4.78 is 11.9. The van der Waals surface area contributed by atoms with Gasteiger partial charge in [-0.3, -0.25) is 14.7 Å². The number of para-hydroxylation sites is 1. The number of rotatable bonds is 8. The number of anilines is 1. The van der Waals surface area contributed by atoms with E-state index >= 15 is 0 Å². The van der Waals surface area contributed by atoms with Crippen molar-refractivity contribution in [2.24, 2.45) is 4.99 Å². The Morgan fingerprint density at radius 2 is 1.77 bits per heavy atom. The Labute approximate surface area is 240 Å². The molecule has 0 radical (unpaired) electrons. The quantitative estimate of drug-likeness (QED) is 0.198. The molecule has 196 valence electrons. The number of ether oxygens (including phenoxy) is 2. The molecule has 9 heteroatoms. The summed E-state index contributed by atoms with van der Waals surface area (Å²) in [5, 5.41) is 1.57. The molecular weight excluding hydrogens is 553 g/mol. The average Bonchev–Trinajstić information content (AvgIpc) is 3.25. The molecular formula is C30H23Cl2N3O3S. The number of halogens is 2. The van der Waals surface area contributed by atoms with Crippen molar-refractivity contribution in [3.8, 4) is 11.5 Å². The number of amidine groups is 1. The van der Waals surface area contributed by atoms with Crippen molar-refractivity contribution in [1.82, 2.24) is 4.98 Å². The molecule has 4 aromatic rings. The SMILES string of the molecule is CCOc1cc(/C=C2\SC(=Nc3ccncc3Cl)N(c3ccccc3)C2=O)ccc1OCc1ccc(Cl)cc1. The van der Waals surface area contributed by atoms with Crippen LogP contribution in [0.5, 0.6) is 11.5 Å². The van der Waals surface area contributed by atoms with Crippen LogP contribution in [0.1, 0.15) is 18.1 Å². The highest BCUT2D eigenvalue weighted by Gasteiger charge is 2.35. The molecule has 6 nitrogen and oxygen atoms in total. The van der Waals surface area contributed by atoms with Gasteiger partial charge in [0.25, 0.3) is 5.91 Å². The minimum Gasteiger partial charge on any atom is -0.490 e. The fourth-order valence-corrected chi connectivity index (χ4v) is 5.09. The molecule has 1 aromatic heterocycles. The third-order valence-corrected chi connectivity index (χ3v) is 7.17. The average molecular weight is 577 g/mol. The van der Waals surface area contributed by atoms with E-state index in [2.05, 4.69) is 4.98 Å². The summed E-state index contributed by atoms with van der Waals surface area (Å²) >= 11 is 13.6. The molecule has 0 spiro atoms. The van der Waals surface area contributed by atoms with Crippen LogP contribution in [0.25, 0.3) is 6.08 Å². The highest BCUT2D eigenvalue weighted by molar-refractivity contribution is 8.19. The van der Waals surface area contributed by atoms with E-state index in [1.165, 1.54) is 18.0 Å². The summed E-state index contributed by atoms with van der Waals surface area (Å²) in [7, 11) is 0. The maximum absolute atomic E-state index is 13.6. The molecule has 5 rings (SSSR count). The highest BCUT2D eigenvalue weighted by Crippen LogP contribution is 2.39. The number of nitrogens with zero attached hydrogens (tertiary/aromatic N) is 3. The molecule has 1 fully saturated rings. The van der Waals surface area contributed by atoms with Gasteiger partial charge in [-0.25, -0.2) is 4.99 Å². The first-order valence-electron chi connectivity index (χ1n) is 12.1. The van der Waals surface area contributed by atoms with Crippen LogP contribution in [-0.4, -0.2) is 22.7 Å². The molecule has 0 aliphatic carbocycles. The molecule has 0 N–H and O–H groups in total. The summed E-state index contributed by atoms with van der Waals surface area (Å²) in [6.07, 6.45) is 4.96. The van der Waals surface area contributed by atoms with Crippen LogP contribution < -0.4 is 14.4 Å². The third kappa shape index (κ3) is 6.45. The van der Waals surface area contributed by atoms with Gasteiger partial charge in [0.1, 0.15) is 6.61 Å². The first-order chi connectivity index (χ1) is 19.0. The van der Waals surface area contributed by atoms with Gasteiger partial charge < -0.3 is 9.47 Å². The number of carbonyl (C=O) groups excluding carboxylic acids is 1. The lowest BCUT2D eigenvalue weighted by atomic mass is 10.1. The molecule has 0 saturated carbocycles. The zero-order chi connectivity index (χ0) is 27.2. The molecule has 2 heterocycles. The Bertz CT molecular complexity index is 1540. The van der Waals surface area contributed by atoms with E-state index in [1.54, 1.807) is 17.2 Å². The molecule has 0 atom stereocenters. The van der Waals surface area contributed by atoms with E-state index in [0.29, 0.717) is 56.2 Å². The maximum Gasteiger partial charge on any atom is 0.271 e. The molecule has 1 aliphatic heterocycles. The molecule has 1 aliphatic rings. The predicted octanol–water partition coefficient (Wildman–Crippen LogP) is 8.17. The monoisotopic (exact) mass is 575 g/mol. The molecule has 3 aromatic carbocycles. The van der Waals surface area contributed by atoms with Crippen LogP contribution >= 0.6 is 35.0 Å². The molecule has 1 saturated heterocycles. The van der Waals surface area contributed by atoms with Crippen LogP contribution in [0.4, 0.5) is 11.4 Å². The minimum absolute atomic E-state index is 0.184. The number of hydrogen-bond acceptors (Lipinski definition) is 6. The molecule has 0 unspecified atom stereocenters. The summed E-state index contributed by atoms with van der Waals surface area (Å²) in [4.78, 5) is 24.4. The Balaban J connectivity index is 1.45. The van der Waals surface area contributed by atoms with E-state index in [-0.39, 0.29) is 5.91 Å². The number of carbonyl (C=O) groups is 1. The number of aromatic nitrogens is 1. The second-order valence-corrected chi connectivity index (χ2v) is 10.2. The summed E-state index contributed by atoms with van der Waals surface area (Å²) in [5.74, 6) is 1.02. The topological polar surface area (TPSA) is 64.0 Å². The van der Waals surface area contributed by atoms with Crippen molar-refractivity contribution in [1.29, 1.82) is 0 Å². The van der Waals surface area contributed by atoms with E-state index in [0.717, 1.165) is 11.1 Å². The number of pyridine rings is 1. The predicted molar refractivity (Wildman–Crippen MR) is 159 cm³/mol. The van der Waals surface area contributed by atoms with Crippen molar-refractivity contribution >= 4 is 63.5 Å². The van der Waals surface area contributed by atoms with Crippen molar-refractivity contribution in [3.63, 3.8) is 0 Å². The van der Waals surface area contributed by atoms with Crippen LogP contribution in [0.2, 0.25) is 10.0 Å². The van der Waals surface area contributed by atoms with Gasteiger partial charge in [0.05, 0.1) is 27.9 Å². The zero-order valence-electron chi connectivity index (χ0n) is 20.9. The van der Waals surface area contributed by atoms with Gasteiger partial charge in [0, 0.05) is 17.4 Å². The standard InChI is InChI=1S/C30H23Cl2N3O3S/c1-2-37-27-16-21(10-13-26(27)38-19-20-8-11-22(31)12-9-20)17-28-29(36)35(23-6-4-3-5-7-23)30(39-28)34-25-14-15-33-18-24(25)32/h3-18H,2,19H2,1H3/b28-17-,34-30?. The number of hydrogen-bond donors (Lipinski definition) is 0. The van der Waals surface area contributed by atoms with E-state index in [1.807, 2.05) is 85.8 Å². The summed E-state index contributed by atoms with van der Waals surface area (Å²) in [5.41, 5.74) is 3.03. The lowest BCUT2D eigenvalue weighted by Gasteiger charge is -2.15. The minimum atomic E-state index is -0.184. The summed E-state index contributed by atoms with van der Waals surface area (Å²) in [6.45, 7) is 2.75. The number of aliphatic imine (C=N–C) groups is 1. The summed E-state index contributed by atoms with van der Waals surface area (Å²) in [6, 6.07) is 24.2. The van der Waals surface area contributed by atoms with Gasteiger partial charge in [-0.05, 0) is 78.4 Å². The van der Waals surface area contributed by atoms with Crippen molar-refractivity contribution < 1.29 is 14.3 Å². The third-order valence-electron chi connectivity index (χ3n) is 5.66. The van der Waals surface area contributed by atoms with Gasteiger partial charge in [0.15, 0.2) is 16.7 Å². The van der Waals surface area contributed by atoms with Crippen molar-refractivity contribution in [2.75, 3.05) is 11.5 Å². The smallest absolute Gasteiger partial charge is 0.271 e. The van der Waals surface area contributed by atoms with Crippen molar-refractivity contribution in [3.05, 3.63) is 117 Å². The Kier molecular flexibility index (Phi) is 8.51. The molecule has 0 bridgehead atoms. The Hall–Kier alpha value is -3.78. The second-order valence-electron chi connectivity index (χ2n) is 8.36. The zero-order valence-corrected chi connectivity index (χ0v) is 23.2. The van der Waals surface area contributed by atoms with Gasteiger partial charge in [-0.2, -0.15) is 0 Å². The Morgan fingerprint density at radius 1 is 0.974 bits per heavy atom. The number of thioether (sulfide) groups is 1. The lowest BCUT2D eigenvalue weighted by molar-refractivity contribution is -0.113. The normalized spacial score (nSPS) is 15.3. The fourth-order valence-electron chi connectivity index (χ4n) is 3.81. The van der Waals surface area contributed by atoms with Crippen molar-refractivity contribution in [2.45, 2.75) is 13.5 Å².